The lowest BCUT2D eigenvalue weighted by Crippen LogP contribution is -2.22. The molecule has 6 nitrogen and oxygen atoms in total. The van der Waals surface area contributed by atoms with Crippen LogP contribution in [0.1, 0.15) is 5.56 Å². The minimum Gasteiger partial charge on any atom is -0.495 e. The van der Waals surface area contributed by atoms with E-state index in [0.29, 0.717) is 29.8 Å². The van der Waals surface area contributed by atoms with E-state index in [9.17, 15) is 0 Å². The second-order valence-electron chi connectivity index (χ2n) is 4.84. The first-order valence-corrected chi connectivity index (χ1v) is 7.98. The Morgan fingerprint density at radius 2 is 1.76 bits per heavy atom. The first-order chi connectivity index (χ1) is 11.6. The maximum atomic E-state index is 5.96. The van der Waals surface area contributed by atoms with Crippen LogP contribution in [-0.2, 0) is 6.54 Å². The molecule has 8 heteroatoms. The summed E-state index contributed by atoms with van der Waals surface area (Å²) in [5.74, 6) is 2.27. The van der Waals surface area contributed by atoms with Crippen molar-refractivity contribution in [2.24, 2.45) is 10.7 Å². The van der Waals surface area contributed by atoms with Crippen molar-refractivity contribution >= 4 is 51.6 Å². The largest absolute Gasteiger partial charge is 0.495 e. The molecule has 3 N–H and O–H groups in total. The number of aliphatic imine (C=N–C) groups is 1. The smallest absolute Gasteiger partial charge is 0.193 e. The van der Waals surface area contributed by atoms with E-state index in [1.807, 2.05) is 36.4 Å². The van der Waals surface area contributed by atoms with E-state index in [1.165, 1.54) is 0 Å². The van der Waals surface area contributed by atoms with Gasteiger partial charge in [-0.3, -0.25) is 0 Å². The number of nitrogens with two attached hydrogens (primary N) is 1. The number of hydrogen-bond donors (Lipinski definition) is 2. The molecule has 0 fully saturated rings. The third-order valence-corrected chi connectivity index (χ3v) is 3.88. The van der Waals surface area contributed by atoms with E-state index < -0.39 is 0 Å². The molecule has 0 radical (unpaired) electrons. The van der Waals surface area contributed by atoms with Crippen LogP contribution in [0.15, 0.2) is 45.9 Å². The van der Waals surface area contributed by atoms with Crippen molar-refractivity contribution in [3.05, 3.63) is 46.4 Å². The molecule has 0 amide bonds. The maximum absolute atomic E-state index is 5.96. The number of para-hydroxylation sites is 2. The fraction of sp³-hybridized carbons (Fsp3) is 0.235. The molecule has 0 bridgehead atoms. The van der Waals surface area contributed by atoms with Gasteiger partial charge in [0.05, 0.1) is 38.0 Å². The molecule has 0 heterocycles. The highest BCUT2D eigenvalue weighted by Crippen LogP contribution is 2.36. The lowest BCUT2D eigenvalue weighted by Gasteiger charge is -2.12. The zero-order valence-corrected chi connectivity index (χ0v) is 18.1. The highest BCUT2D eigenvalue weighted by molar-refractivity contribution is 14.0. The van der Waals surface area contributed by atoms with Crippen LogP contribution in [0.4, 0.5) is 5.69 Å². The third-order valence-electron chi connectivity index (χ3n) is 3.30. The Morgan fingerprint density at radius 3 is 2.40 bits per heavy atom. The SMILES string of the molecule is COc1ccccc1NC(N)=NCc1cc(Br)c(OC)c(OC)c1.I. The van der Waals surface area contributed by atoms with Crippen LogP contribution in [0, 0.1) is 0 Å². The molecule has 2 aromatic carbocycles. The second-order valence-corrected chi connectivity index (χ2v) is 5.69. The number of anilines is 1. The minimum atomic E-state index is 0. The van der Waals surface area contributed by atoms with Gasteiger partial charge >= 0.3 is 0 Å². The van der Waals surface area contributed by atoms with Gasteiger partial charge in [-0.15, -0.1) is 24.0 Å². The molecule has 0 unspecified atom stereocenters. The summed E-state index contributed by atoms with van der Waals surface area (Å²) in [5, 5.41) is 3.03. The van der Waals surface area contributed by atoms with Crippen molar-refractivity contribution in [1.29, 1.82) is 0 Å². The van der Waals surface area contributed by atoms with Gasteiger partial charge in [0.2, 0.25) is 0 Å². The monoisotopic (exact) mass is 521 g/mol. The van der Waals surface area contributed by atoms with E-state index in [4.69, 9.17) is 19.9 Å². The summed E-state index contributed by atoms with van der Waals surface area (Å²) in [6.07, 6.45) is 0. The molecule has 0 aliphatic heterocycles. The Labute approximate surface area is 172 Å². The molecule has 2 rings (SSSR count). The summed E-state index contributed by atoms with van der Waals surface area (Å²) in [6.45, 7) is 0.396. The number of ether oxygens (including phenoxy) is 3. The van der Waals surface area contributed by atoms with Gasteiger partial charge in [0.25, 0.3) is 0 Å². The minimum absolute atomic E-state index is 0. The van der Waals surface area contributed by atoms with Crippen LogP contribution in [0.3, 0.4) is 0 Å². The molecule has 0 spiro atoms. The number of rotatable bonds is 6. The Balaban J connectivity index is 0.00000312. The van der Waals surface area contributed by atoms with Crippen LogP contribution in [-0.4, -0.2) is 27.3 Å². The number of nitrogens with one attached hydrogen (secondary N) is 1. The Kier molecular flexibility index (Phi) is 8.84. The average Bonchev–Trinajstić information content (AvgIpc) is 2.59. The average molecular weight is 522 g/mol. The molecule has 0 saturated carbocycles. The van der Waals surface area contributed by atoms with Gasteiger partial charge in [-0.05, 0) is 45.8 Å². The van der Waals surface area contributed by atoms with Crippen LogP contribution in [0.25, 0.3) is 0 Å². The standard InChI is InChI=1S/C17H20BrN3O3.HI/c1-22-14-7-5-4-6-13(14)21-17(19)20-10-11-8-12(18)16(24-3)15(9-11)23-2;/h4-9H,10H2,1-3H3,(H3,19,20,21);1H. The fourth-order valence-electron chi connectivity index (χ4n) is 2.16. The van der Waals surface area contributed by atoms with Crippen LogP contribution < -0.4 is 25.3 Å². The molecular formula is C17H21BrIN3O3. The van der Waals surface area contributed by atoms with Gasteiger partial charge in [-0.2, -0.15) is 0 Å². The highest BCUT2D eigenvalue weighted by Gasteiger charge is 2.10. The van der Waals surface area contributed by atoms with Gasteiger partial charge in [-0.1, -0.05) is 12.1 Å². The summed E-state index contributed by atoms with van der Waals surface area (Å²) in [5.41, 5.74) is 7.65. The number of halogens is 2. The number of hydrogen-bond acceptors (Lipinski definition) is 4. The Hall–Kier alpha value is -1.68. The number of benzene rings is 2. The quantitative estimate of drug-likeness (QED) is 0.341. The van der Waals surface area contributed by atoms with E-state index in [1.54, 1.807) is 21.3 Å². The Morgan fingerprint density at radius 1 is 1.08 bits per heavy atom. The van der Waals surface area contributed by atoms with Crippen molar-refractivity contribution in [2.75, 3.05) is 26.6 Å². The normalized spacial score (nSPS) is 10.6. The van der Waals surface area contributed by atoms with Gasteiger partial charge in [0.1, 0.15) is 5.75 Å². The van der Waals surface area contributed by atoms with Crippen molar-refractivity contribution in [3.63, 3.8) is 0 Å². The molecule has 2 aromatic rings. The topological polar surface area (TPSA) is 78.1 Å². The molecule has 0 aliphatic carbocycles. The summed E-state index contributed by atoms with van der Waals surface area (Å²) >= 11 is 3.46. The first kappa shape index (κ1) is 21.4. The number of methoxy groups -OCH3 is 3. The fourth-order valence-corrected chi connectivity index (χ4v) is 2.82. The molecule has 0 aromatic heterocycles. The van der Waals surface area contributed by atoms with E-state index in [-0.39, 0.29) is 24.0 Å². The molecule has 25 heavy (non-hydrogen) atoms. The predicted molar refractivity (Wildman–Crippen MR) is 115 cm³/mol. The predicted octanol–water partition coefficient (Wildman–Crippen LogP) is 4.02. The first-order valence-electron chi connectivity index (χ1n) is 7.19. The van der Waals surface area contributed by atoms with E-state index >= 15 is 0 Å². The zero-order chi connectivity index (χ0) is 17.5. The second kappa shape index (κ2) is 10.3. The lowest BCUT2D eigenvalue weighted by atomic mass is 10.2. The number of guanidine groups is 1. The molecule has 0 aliphatic rings. The van der Waals surface area contributed by atoms with Crippen LogP contribution >= 0.6 is 39.9 Å². The van der Waals surface area contributed by atoms with Crippen molar-refractivity contribution in [2.45, 2.75) is 6.54 Å². The Bertz CT molecular complexity index is 741. The molecular weight excluding hydrogens is 501 g/mol. The van der Waals surface area contributed by atoms with Crippen LogP contribution in [0.2, 0.25) is 0 Å². The maximum Gasteiger partial charge on any atom is 0.193 e. The van der Waals surface area contributed by atoms with E-state index in [0.717, 1.165) is 15.7 Å². The van der Waals surface area contributed by atoms with Crippen LogP contribution in [0.5, 0.6) is 17.2 Å². The van der Waals surface area contributed by atoms with Crippen molar-refractivity contribution < 1.29 is 14.2 Å². The zero-order valence-electron chi connectivity index (χ0n) is 14.2. The molecule has 0 atom stereocenters. The van der Waals surface area contributed by atoms with Gasteiger partial charge in [0, 0.05) is 0 Å². The highest BCUT2D eigenvalue weighted by atomic mass is 127. The van der Waals surface area contributed by atoms with Gasteiger partial charge in [0.15, 0.2) is 17.5 Å². The lowest BCUT2D eigenvalue weighted by molar-refractivity contribution is 0.352. The molecule has 0 saturated heterocycles. The summed E-state index contributed by atoms with van der Waals surface area (Å²) < 4.78 is 16.7. The van der Waals surface area contributed by atoms with Crippen molar-refractivity contribution in [1.82, 2.24) is 0 Å². The van der Waals surface area contributed by atoms with Gasteiger partial charge < -0.3 is 25.3 Å². The van der Waals surface area contributed by atoms with Gasteiger partial charge in [-0.25, -0.2) is 4.99 Å². The third kappa shape index (κ3) is 5.67. The summed E-state index contributed by atoms with van der Waals surface area (Å²) in [7, 11) is 4.79. The summed E-state index contributed by atoms with van der Waals surface area (Å²) in [6, 6.07) is 11.3. The summed E-state index contributed by atoms with van der Waals surface area (Å²) in [4.78, 5) is 4.35. The molecule has 136 valence electrons. The number of nitrogens with zero attached hydrogens (tertiary/aromatic N) is 1. The van der Waals surface area contributed by atoms with Crippen molar-refractivity contribution in [3.8, 4) is 17.2 Å². The van der Waals surface area contributed by atoms with E-state index in [2.05, 4.69) is 26.2 Å².